The second-order valence-electron chi connectivity index (χ2n) is 6.70. The average Bonchev–Trinajstić information content (AvgIpc) is 2.69. The lowest BCUT2D eigenvalue weighted by Gasteiger charge is -2.20. The molecule has 2 aromatic rings. The molecule has 0 atom stereocenters. The van der Waals surface area contributed by atoms with Gasteiger partial charge in [-0.2, -0.15) is 0 Å². The van der Waals surface area contributed by atoms with E-state index >= 15 is 0 Å². The fourth-order valence-corrected chi connectivity index (χ4v) is 2.93. The van der Waals surface area contributed by atoms with Crippen molar-refractivity contribution in [3.05, 3.63) is 58.7 Å². The van der Waals surface area contributed by atoms with Crippen LogP contribution in [-0.4, -0.2) is 44.5 Å². The zero-order valence-electron chi connectivity index (χ0n) is 17.2. The molecule has 28 heavy (non-hydrogen) atoms. The summed E-state index contributed by atoms with van der Waals surface area (Å²) in [6, 6.07) is 11.2. The van der Waals surface area contributed by atoms with E-state index in [1.54, 1.807) is 32.2 Å². The molecule has 0 aliphatic carbocycles. The molecule has 0 heterocycles. The molecule has 0 saturated carbocycles. The van der Waals surface area contributed by atoms with E-state index in [4.69, 9.17) is 9.47 Å². The molecule has 0 aromatic heterocycles. The van der Waals surface area contributed by atoms with E-state index in [2.05, 4.69) is 5.32 Å². The van der Waals surface area contributed by atoms with Crippen molar-refractivity contribution >= 4 is 11.8 Å². The van der Waals surface area contributed by atoms with Gasteiger partial charge < -0.3 is 19.7 Å². The van der Waals surface area contributed by atoms with Crippen LogP contribution in [0.2, 0.25) is 0 Å². The highest BCUT2D eigenvalue weighted by Crippen LogP contribution is 2.30. The van der Waals surface area contributed by atoms with Crippen LogP contribution in [0.3, 0.4) is 0 Å². The third-order valence-corrected chi connectivity index (χ3v) is 4.69. The smallest absolute Gasteiger partial charge is 0.251 e. The molecule has 2 amide bonds. The van der Waals surface area contributed by atoms with Crippen LogP contribution in [0.25, 0.3) is 0 Å². The van der Waals surface area contributed by atoms with Crippen LogP contribution >= 0.6 is 0 Å². The zero-order chi connectivity index (χ0) is 20.7. The molecule has 1 N–H and O–H groups in total. The summed E-state index contributed by atoms with van der Waals surface area (Å²) in [5.74, 6) is 1.09. The second-order valence-corrected chi connectivity index (χ2v) is 6.70. The van der Waals surface area contributed by atoms with Crippen molar-refractivity contribution in [2.24, 2.45) is 0 Å². The number of carbonyl (C=O) groups excluding carboxylic acids is 2. The highest BCUT2D eigenvalue weighted by Gasteiger charge is 2.15. The molecule has 150 valence electrons. The van der Waals surface area contributed by atoms with Gasteiger partial charge in [-0.15, -0.1) is 0 Å². The number of aryl methyl sites for hydroxylation is 2. The number of amides is 2. The topological polar surface area (TPSA) is 67.9 Å². The first-order valence-electron chi connectivity index (χ1n) is 9.16. The standard InChI is InChI=1S/C22H28N2O4/c1-15-8-6-7-9-18(15)22(26)23-11-10-21(25)24(3)14-17-13-20(28-5)19(27-4)12-16(17)2/h6-9,12-13H,10-11,14H2,1-5H3,(H,23,26). The molecule has 0 unspecified atom stereocenters. The molecule has 0 aliphatic heterocycles. The maximum absolute atomic E-state index is 12.4. The minimum Gasteiger partial charge on any atom is -0.493 e. The average molecular weight is 384 g/mol. The quantitative estimate of drug-likeness (QED) is 0.759. The van der Waals surface area contributed by atoms with Gasteiger partial charge in [0.25, 0.3) is 5.91 Å². The highest BCUT2D eigenvalue weighted by atomic mass is 16.5. The Hall–Kier alpha value is -3.02. The van der Waals surface area contributed by atoms with Crippen molar-refractivity contribution < 1.29 is 19.1 Å². The summed E-state index contributed by atoms with van der Waals surface area (Å²) in [4.78, 5) is 26.3. The summed E-state index contributed by atoms with van der Waals surface area (Å²) < 4.78 is 10.6. The molecule has 6 heteroatoms. The van der Waals surface area contributed by atoms with E-state index in [1.807, 2.05) is 44.2 Å². The molecule has 2 rings (SSSR count). The first-order valence-corrected chi connectivity index (χ1v) is 9.16. The van der Waals surface area contributed by atoms with Crippen LogP contribution in [0.1, 0.15) is 33.5 Å². The zero-order valence-corrected chi connectivity index (χ0v) is 17.2. The minimum atomic E-state index is -0.163. The molecule has 0 aliphatic rings. The number of rotatable bonds is 8. The van der Waals surface area contributed by atoms with E-state index in [-0.39, 0.29) is 18.2 Å². The molecule has 6 nitrogen and oxygen atoms in total. The lowest BCUT2D eigenvalue weighted by molar-refractivity contribution is -0.130. The number of ether oxygens (including phenoxy) is 2. The Bertz CT molecular complexity index is 848. The lowest BCUT2D eigenvalue weighted by Crippen LogP contribution is -2.32. The van der Waals surface area contributed by atoms with Crippen LogP contribution in [0.15, 0.2) is 36.4 Å². The number of hydrogen-bond donors (Lipinski definition) is 1. The molecule has 0 radical (unpaired) electrons. The van der Waals surface area contributed by atoms with Gasteiger partial charge in [0.2, 0.25) is 5.91 Å². The van der Waals surface area contributed by atoms with Crippen LogP contribution in [0.5, 0.6) is 11.5 Å². The highest BCUT2D eigenvalue weighted by molar-refractivity contribution is 5.95. The summed E-state index contributed by atoms with van der Waals surface area (Å²) in [5, 5.41) is 2.81. The van der Waals surface area contributed by atoms with Crippen LogP contribution < -0.4 is 14.8 Å². The van der Waals surface area contributed by atoms with Crippen molar-refractivity contribution in [1.82, 2.24) is 10.2 Å². The predicted molar refractivity (Wildman–Crippen MR) is 109 cm³/mol. The molecule has 0 saturated heterocycles. The van der Waals surface area contributed by atoms with Crippen LogP contribution in [0, 0.1) is 13.8 Å². The van der Waals surface area contributed by atoms with Gasteiger partial charge in [0.15, 0.2) is 11.5 Å². The Morgan fingerprint density at radius 2 is 1.64 bits per heavy atom. The van der Waals surface area contributed by atoms with E-state index in [9.17, 15) is 9.59 Å². The van der Waals surface area contributed by atoms with Crippen LogP contribution in [0.4, 0.5) is 0 Å². The number of carbonyl (C=O) groups is 2. The summed E-state index contributed by atoms with van der Waals surface area (Å²) in [6.07, 6.45) is 0.237. The van der Waals surface area contributed by atoms with E-state index in [0.717, 1.165) is 16.7 Å². The van der Waals surface area contributed by atoms with Gasteiger partial charge in [0, 0.05) is 32.1 Å². The summed E-state index contributed by atoms with van der Waals surface area (Å²) in [6.45, 7) is 4.61. The summed E-state index contributed by atoms with van der Waals surface area (Å²) >= 11 is 0. The maximum atomic E-state index is 12.4. The Morgan fingerprint density at radius 3 is 2.29 bits per heavy atom. The van der Waals surface area contributed by atoms with Crippen molar-refractivity contribution in [1.29, 1.82) is 0 Å². The van der Waals surface area contributed by atoms with Crippen molar-refractivity contribution in [2.75, 3.05) is 27.8 Å². The van der Waals surface area contributed by atoms with E-state index in [0.29, 0.717) is 30.2 Å². The summed E-state index contributed by atoms with van der Waals surface area (Å²) in [5.41, 5.74) is 3.54. The SMILES string of the molecule is COc1cc(C)c(CN(C)C(=O)CCNC(=O)c2ccccc2C)cc1OC. The molecule has 0 fully saturated rings. The third kappa shape index (κ3) is 5.25. The van der Waals surface area contributed by atoms with E-state index < -0.39 is 0 Å². The van der Waals surface area contributed by atoms with Gasteiger partial charge in [-0.3, -0.25) is 9.59 Å². The Morgan fingerprint density at radius 1 is 1.00 bits per heavy atom. The van der Waals surface area contributed by atoms with Crippen molar-refractivity contribution in [3.8, 4) is 11.5 Å². The first kappa shape index (κ1) is 21.3. The van der Waals surface area contributed by atoms with Crippen molar-refractivity contribution in [3.63, 3.8) is 0 Å². The van der Waals surface area contributed by atoms with Crippen molar-refractivity contribution in [2.45, 2.75) is 26.8 Å². The fourth-order valence-electron chi connectivity index (χ4n) is 2.93. The number of nitrogens with zero attached hydrogens (tertiary/aromatic N) is 1. The number of hydrogen-bond acceptors (Lipinski definition) is 4. The Kier molecular flexibility index (Phi) is 7.44. The van der Waals surface area contributed by atoms with Gasteiger partial charge in [-0.25, -0.2) is 0 Å². The Balaban J connectivity index is 1.91. The fraction of sp³-hybridized carbons (Fsp3) is 0.364. The van der Waals surface area contributed by atoms with E-state index in [1.165, 1.54) is 0 Å². The molecule has 0 spiro atoms. The molecular formula is C22H28N2O4. The predicted octanol–water partition coefficient (Wildman–Crippen LogP) is 3.10. The number of benzene rings is 2. The van der Waals surface area contributed by atoms with Gasteiger partial charge in [-0.1, -0.05) is 18.2 Å². The van der Waals surface area contributed by atoms with Gasteiger partial charge in [-0.05, 0) is 48.7 Å². The number of nitrogens with one attached hydrogen (secondary N) is 1. The van der Waals surface area contributed by atoms with Crippen LogP contribution in [-0.2, 0) is 11.3 Å². The number of methoxy groups -OCH3 is 2. The monoisotopic (exact) mass is 384 g/mol. The Labute approximate surface area is 166 Å². The lowest BCUT2D eigenvalue weighted by atomic mass is 10.1. The van der Waals surface area contributed by atoms with Gasteiger partial charge >= 0.3 is 0 Å². The van der Waals surface area contributed by atoms with Gasteiger partial charge in [0.05, 0.1) is 14.2 Å². The largest absolute Gasteiger partial charge is 0.493 e. The second kappa shape index (κ2) is 9.78. The molecule has 2 aromatic carbocycles. The normalized spacial score (nSPS) is 10.3. The maximum Gasteiger partial charge on any atom is 0.251 e. The minimum absolute atomic E-state index is 0.0423. The summed E-state index contributed by atoms with van der Waals surface area (Å²) in [7, 11) is 4.93. The first-order chi connectivity index (χ1) is 13.4. The molecular weight excluding hydrogens is 356 g/mol. The molecule has 0 bridgehead atoms. The third-order valence-electron chi connectivity index (χ3n) is 4.69. The van der Waals surface area contributed by atoms with Gasteiger partial charge in [0.1, 0.15) is 0 Å².